The van der Waals surface area contributed by atoms with Crippen molar-refractivity contribution < 1.29 is 14.9 Å². The number of rotatable bonds is 7. The highest BCUT2D eigenvalue weighted by Crippen LogP contribution is 2.42. The molecule has 0 aromatic heterocycles. The number of para-hydroxylation sites is 2. The molecule has 1 saturated heterocycles. The molecule has 0 spiro atoms. The zero-order valence-electron chi connectivity index (χ0n) is 18.9. The molecule has 6 heteroatoms. The van der Waals surface area contributed by atoms with Gasteiger partial charge in [-0.3, -0.25) is 15.5 Å². The first kappa shape index (κ1) is 22.0. The standard InChI is InChI=1S/C28H27N3O3/c1-22-17-19-26(20-18-22)31(32)27-28(23-11-5-2-6-12-23,34-29-24-13-7-3-8-14-24)21-30(33-27)25-15-9-4-10-16-25/h2-20,27,29,32H,21H2,1H3/t27-,28+/m0/s1. The molecule has 0 saturated carbocycles. The highest BCUT2D eigenvalue weighted by Gasteiger charge is 2.55. The summed E-state index contributed by atoms with van der Waals surface area (Å²) in [6.07, 6.45) is -0.881. The summed E-state index contributed by atoms with van der Waals surface area (Å²) in [6.45, 7) is 2.35. The number of hydrogen-bond donors (Lipinski definition) is 2. The van der Waals surface area contributed by atoms with Crippen LogP contribution in [0.3, 0.4) is 0 Å². The summed E-state index contributed by atoms with van der Waals surface area (Å²) in [7, 11) is 0. The maximum absolute atomic E-state index is 11.4. The van der Waals surface area contributed by atoms with E-state index in [0.29, 0.717) is 12.2 Å². The highest BCUT2D eigenvalue weighted by atomic mass is 16.8. The minimum atomic E-state index is -1.08. The maximum atomic E-state index is 11.4. The maximum Gasteiger partial charge on any atom is 0.218 e. The van der Waals surface area contributed by atoms with Gasteiger partial charge in [0, 0.05) is 0 Å². The van der Waals surface area contributed by atoms with Crippen molar-refractivity contribution in [1.29, 1.82) is 0 Å². The summed E-state index contributed by atoms with van der Waals surface area (Å²) >= 11 is 0. The first-order chi connectivity index (χ1) is 16.7. The molecule has 0 aliphatic carbocycles. The van der Waals surface area contributed by atoms with Gasteiger partial charge in [-0.05, 0) is 48.9 Å². The van der Waals surface area contributed by atoms with Crippen molar-refractivity contribution in [2.24, 2.45) is 0 Å². The molecule has 2 N–H and O–H groups in total. The van der Waals surface area contributed by atoms with Gasteiger partial charge >= 0.3 is 0 Å². The molecule has 5 rings (SSSR count). The van der Waals surface area contributed by atoms with Crippen molar-refractivity contribution in [3.63, 3.8) is 0 Å². The third-order valence-electron chi connectivity index (χ3n) is 5.96. The molecule has 0 bridgehead atoms. The molecule has 2 atom stereocenters. The largest absolute Gasteiger partial charge is 0.286 e. The van der Waals surface area contributed by atoms with E-state index in [1.54, 1.807) is 5.06 Å². The van der Waals surface area contributed by atoms with Crippen LogP contribution in [-0.4, -0.2) is 18.0 Å². The molecule has 0 unspecified atom stereocenters. The third kappa shape index (κ3) is 4.34. The normalized spacial score (nSPS) is 19.7. The monoisotopic (exact) mass is 453 g/mol. The third-order valence-corrected chi connectivity index (χ3v) is 5.96. The van der Waals surface area contributed by atoms with E-state index in [9.17, 15) is 5.21 Å². The Morgan fingerprint density at radius 2 is 1.44 bits per heavy atom. The van der Waals surface area contributed by atoms with E-state index < -0.39 is 11.8 Å². The summed E-state index contributed by atoms with van der Waals surface area (Å²) in [5.41, 5.74) is 6.27. The quantitative estimate of drug-likeness (QED) is 0.340. The molecular weight excluding hydrogens is 426 g/mol. The van der Waals surface area contributed by atoms with Crippen LogP contribution in [0, 0.1) is 6.92 Å². The van der Waals surface area contributed by atoms with Crippen LogP contribution < -0.4 is 15.6 Å². The lowest BCUT2D eigenvalue weighted by Crippen LogP contribution is -2.51. The molecule has 1 heterocycles. The van der Waals surface area contributed by atoms with Crippen LogP contribution in [0.1, 0.15) is 11.1 Å². The van der Waals surface area contributed by atoms with Gasteiger partial charge in [0.05, 0.1) is 23.6 Å². The van der Waals surface area contributed by atoms with Crippen molar-refractivity contribution in [2.45, 2.75) is 18.8 Å². The van der Waals surface area contributed by atoms with Crippen LogP contribution in [-0.2, 0) is 15.3 Å². The van der Waals surface area contributed by atoms with Crippen molar-refractivity contribution >= 4 is 17.1 Å². The summed E-state index contributed by atoms with van der Waals surface area (Å²) < 4.78 is 0. The molecule has 1 aliphatic heterocycles. The van der Waals surface area contributed by atoms with Gasteiger partial charge in [-0.2, -0.15) is 0 Å². The van der Waals surface area contributed by atoms with E-state index >= 15 is 0 Å². The van der Waals surface area contributed by atoms with Crippen molar-refractivity contribution in [2.75, 3.05) is 22.2 Å². The molecule has 34 heavy (non-hydrogen) atoms. The van der Waals surface area contributed by atoms with Gasteiger partial charge in [0.2, 0.25) is 6.23 Å². The number of anilines is 3. The van der Waals surface area contributed by atoms with E-state index in [0.717, 1.165) is 27.6 Å². The fourth-order valence-corrected chi connectivity index (χ4v) is 4.11. The van der Waals surface area contributed by atoms with Gasteiger partial charge in [-0.1, -0.05) is 84.4 Å². The lowest BCUT2D eigenvalue weighted by atomic mass is 9.91. The van der Waals surface area contributed by atoms with Crippen LogP contribution in [0.4, 0.5) is 17.1 Å². The van der Waals surface area contributed by atoms with Crippen LogP contribution in [0.25, 0.3) is 0 Å². The summed E-state index contributed by atoms with van der Waals surface area (Å²) in [6, 6.07) is 37.0. The number of nitrogens with zero attached hydrogens (tertiary/aromatic N) is 2. The number of aryl methyl sites for hydroxylation is 1. The van der Waals surface area contributed by atoms with Gasteiger partial charge in [-0.15, -0.1) is 0 Å². The molecule has 1 fully saturated rings. The number of hydroxylamine groups is 2. The highest BCUT2D eigenvalue weighted by molar-refractivity contribution is 5.51. The lowest BCUT2D eigenvalue weighted by molar-refractivity contribution is -0.101. The fourth-order valence-electron chi connectivity index (χ4n) is 4.11. The summed E-state index contributed by atoms with van der Waals surface area (Å²) in [4.78, 5) is 12.9. The SMILES string of the molecule is Cc1ccc(N(O)[C@H]2ON(c3ccccc3)C[C@@]2(ONc2ccccc2)c2ccccc2)cc1. The van der Waals surface area contributed by atoms with Crippen molar-refractivity contribution in [1.82, 2.24) is 0 Å². The Balaban J connectivity index is 1.58. The first-order valence-electron chi connectivity index (χ1n) is 11.2. The van der Waals surface area contributed by atoms with Crippen LogP contribution in [0.2, 0.25) is 0 Å². The molecule has 0 radical (unpaired) electrons. The number of hydrogen-bond acceptors (Lipinski definition) is 6. The number of benzene rings is 4. The predicted molar refractivity (Wildman–Crippen MR) is 133 cm³/mol. The van der Waals surface area contributed by atoms with E-state index in [1.807, 2.05) is 122 Å². The van der Waals surface area contributed by atoms with E-state index in [-0.39, 0.29) is 0 Å². The van der Waals surface area contributed by atoms with Gasteiger partial charge in [0.15, 0.2) is 5.60 Å². The van der Waals surface area contributed by atoms with E-state index in [1.165, 1.54) is 0 Å². The summed E-state index contributed by atoms with van der Waals surface area (Å²) in [5.74, 6) is 0. The minimum Gasteiger partial charge on any atom is -0.286 e. The smallest absolute Gasteiger partial charge is 0.218 e. The Kier molecular flexibility index (Phi) is 6.18. The second-order valence-corrected chi connectivity index (χ2v) is 8.34. The van der Waals surface area contributed by atoms with Crippen LogP contribution >= 0.6 is 0 Å². The molecule has 0 amide bonds. The Morgan fingerprint density at radius 3 is 2.09 bits per heavy atom. The first-order valence-corrected chi connectivity index (χ1v) is 11.2. The molecular formula is C28H27N3O3. The zero-order chi connectivity index (χ0) is 23.4. The molecule has 172 valence electrons. The molecule has 6 nitrogen and oxygen atoms in total. The zero-order valence-corrected chi connectivity index (χ0v) is 18.9. The number of nitrogens with one attached hydrogen (secondary N) is 1. The fraction of sp³-hybridized carbons (Fsp3) is 0.143. The van der Waals surface area contributed by atoms with Gasteiger partial charge < -0.3 is 0 Å². The average Bonchev–Trinajstić information content (AvgIpc) is 3.30. The van der Waals surface area contributed by atoms with Crippen molar-refractivity contribution in [3.8, 4) is 0 Å². The van der Waals surface area contributed by atoms with Crippen LogP contribution in [0.15, 0.2) is 115 Å². The Bertz CT molecular complexity index is 1190. The minimum absolute atomic E-state index is 0.342. The Morgan fingerprint density at radius 1 is 0.853 bits per heavy atom. The molecule has 4 aromatic rings. The lowest BCUT2D eigenvalue weighted by Gasteiger charge is -2.36. The van der Waals surface area contributed by atoms with E-state index in [2.05, 4.69) is 5.48 Å². The topological polar surface area (TPSA) is 57.2 Å². The Labute approximate surface area is 199 Å². The van der Waals surface area contributed by atoms with Crippen LogP contribution in [0.5, 0.6) is 0 Å². The Hall–Kier alpha value is -3.84. The molecule has 4 aromatic carbocycles. The average molecular weight is 454 g/mol. The van der Waals surface area contributed by atoms with E-state index in [4.69, 9.17) is 9.68 Å². The van der Waals surface area contributed by atoms with Gasteiger partial charge in [0.25, 0.3) is 0 Å². The van der Waals surface area contributed by atoms with Gasteiger partial charge in [0.1, 0.15) is 0 Å². The van der Waals surface area contributed by atoms with Gasteiger partial charge in [-0.25, -0.2) is 15.0 Å². The summed E-state index contributed by atoms with van der Waals surface area (Å²) in [5, 5.41) is 14.4. The predicted octanol–water partition coefficient (Wildman–Crippen LogP) is 5.91. The molecule has 1 aliphatic rings. The van der Waals surface area contributed by atoms with Crippen molar-refractivity contribution in [3.05, 3.63) is 126 Å². The second-order valence-electron chi connectivity index (χ2n) is 8.34. The second kappa shape index (κ2) is 9.57.